The number of rotatable bonds is 5. The van der Waals surface area contributed by atoms with Gasteiger partial charge in [0.05, 0.1) is 0 Å². The summed E-state index contributed by atoms with van der Waals surface area (Å²) in [5.41, 5.74) is 0. The maximum atomic E-state index is 13.7. The second-order valence-corrected chi connectivity index (χ2v) is 6.90. The lowest BCUT2D eigenvalue weighted by Crippen LogP contribution is -2.48. The van der Waals surface area contributed by atoms with E-state index in [1.165, 1.54) is 6.42 Å². The summed E-state index contributed by atoms with van der Waals surface area (Å²) in [4.78, 5) is 2.23. The summed E-state index contributed by atoms with van der Waals surface area (Å²) in [6.07, 6.45) is 2.62. The monoisotopic (exact) mass is 377 g/mol. The van der Waals surface area contributed by atoms with E-state index >= 15 is 0 Å². The zero-order chi connectivity index (χ0) is 16.3. The number of nitrogens with zero attached hydrogens (tertiary/aromatic N) is 1. The zero-order valence-corrected chi connectivity index (χ0v) is 14.4. The minimum absolute atomic E-state index is 0.134. The van der Waals surface area contributed by atoms with Gasteiger partial charge in [-0.25, -0.2) is 8.78 Å². The fourth-order valence-corrected chi connectivity index (χ4v) is 3.38. The second kappa shape index (κ2) is 7.70. The molecule has 0 bridgehead atoms. The number of β-amino-alcohol motifs (C(OH)–C–C–N with tert-alkyl or cyclic N) is 1. The number of aliphatic hydroxyl groups is 1. The Labute approximate surface area is 138 Å². The molecule has 124 valence electrons. The highest BCUT2D eigenvalue weighted by atomic mass is 79.9. The van der Waals surface area contributed by atoms with Gasteiger partial charge in [0, 0.05) is 23.1 Å². The molecule has 0 aromatic heterocycles. The standard InChI is InChI=1S/C16H22BrF2NO2/c1-10-4-3-5-11(2)20(10)8-13(21)9-22-16-14(18)6-12(17)7-15(16)19/h6-7,10-11,13,21H,3-5,8-9H2,1-2H3/t10-,11-,13-/m1/s1. The number of hydrogen-bond acceptors (Lipinski definition) is 3. The molecular weight excluding hydrogens is 356 g/mol. The first-order chi connectivity index (χ1) is 10.4. The van der Waals surface area contributed by atoms with Gasteiger partial charge in [0.15, 0.2) is 17.4 Å². The Balaban J connectivity index is 1.91. The number of halogens is 3. The predicted octanol–water partition coefficient (Wildman–Crippen LogP) is 3.73. The average Bonchev–Trinajstić information content (AvgIpc) is 2.42. The third kappa shape index (κ3) is 4.40. The van der Waals surface area contributed by atoms with E-state index in [1.807, 2.05) is 0 Å². The number of aliphatic hydroxyl groups excluding tert-OH is 1. The van der Waals surface area contributed by atoms with E-state index in [4.69, 9.17) is 4.74 Å². The van der Waals surface area contributed by atoms with Gasteiger partial charge in [0.25, 0.3) is 0 Å². The van der Waals surface area contributed by atoms with Crippen molar-refractivity contribution < 1.29 is 18.6 Å². The van der Waals surface area contributed by atoms with Crippen LogP contribution in [0.3, 0.4) is 0 Å². The van der Waals surface area contributed by atoms with Crippen molar-refractivity contribution in [3.05, 3.63) is 28.2 Å². The summed E-state index contributed by atoms with van der Waals surface area (Å²) in [5.74, 6) is -2.00. The fraction of sp³-hybridized carbons (Fsp3) is 0.625. The van der Waals surface area contributed by atoms with E-state index in [-0.39, 0.29) is 6.61 Å². The Bertz CT molecular complexity index is 482. The van der Waals surface area contributed by atoms with Gasteiger partial charge >= 0.3 is 0 Å². The minimum atomic E-state index is -0.787. The van der Waals surface area contributed by atoms with Crippen LogP contribution in [0.5, 0.6) is 5.75 Å². The lowest BCUT2D eigenvalue weighted by Gasteiger charge is -2.40. The predicted molar refractivity (Wildman–Crippen MR) is 85.0 cm³/mol. The molecule has 1 saturated heterocycles. The lowest BCUT2D eigenvalue weighted by atomic mass is 9.97. The third-order valence-corrected chi connectivity index (χ3v) is 4.64. The van der Waals surface area contributed by atoms with E-state index in [0.29, 0.717) is 23.1 Å². The summed E-state index contributed by atoms with van der Waals surface area (Å²) in [5, 5.41) is 10.1. The van der Waals surface area contributed by atoms with Gasteiger partial charge in [-0.1, -0.05) is 22.4 Å². The fourth-order valence-electron chi connectivity index (χ4n) is 2.98. The maximum absolute atomic E-state index is 13.7. The van der Waals surface area contributed by atoms with Gasteiger partial charge in [-0.15, -0.1) is 0 Å². The van der Waals surface area contributed by atoms with Crippen molar-refractivity contribution in [2.24, 2.45) is 0 Å². The molecule has 0 amide bonds. The Hall–Kier alpha value is -0.720. The quantitative estimate of drug-likeness (QED) is 0.848. The SMILES string of the molecule is C[C@@H]1CCC[C@@H](C)N1C[C@@H](O)COc1c(F)cc(Br)cc1F. The normalized spacial score (nSPS) is 24.3. The molecule has 1 heterocycles. The molecule has 1 N–H and O–H groups in total. The first kappa shape index (κ1) is 17.6. The van der Waals surface area contributed by atoms with E-state index in [2.05, 4.69) is 34.7 Å². The number of benzene rings is 1. The molecule has 1 aromatic carbocycles. The molecule has 0 aliphatic carbocycles. The van der Waals surface area contributed by atoms with Gasteiger partial charge in [0.1, 0.15) is 12.7 Å². The van der Waals surface area contributed by atoms with Crippen molar-refractivity contribution in [1.29, 1.82) is 0 Å². The smallest absolute Gasteiger partial charge is 0.190 e. The van der Waals surface area contributed by atoms with E-state index < -0.39 is 23.5 Å². The molecule has 1 aliphatic heterocycles. The lowest BCUT2D eigenvalue weighted by molar-refractivity contribution is 0.0195. The highest BCUT2D eigenvalue weighted by molar-refractivity contribution is 9.10. The molecule has 0 saturated carbocycles. The Kier molecular flexibility index (Phi) is 6.17. The van der Waals surface area contributed by atoms with Gasteiger partial charge in [-0.3, -0.25) is 4.90 Å². The van der Waals surface area contributed by atoms with Crippen molar-refractivity contribution >= 4 is 15.9 Å². The first-order valence-corrected chi connectivity index (χ1v) is 8.39. The zero-order valence-electron chi connectivity index (χ0n) is 12.9. The van der Waals surface area contributed by atoms with E-state index in [0.717, 1.165) is 25.0 Å². The largest absolute Gasteiger partial charge is 0.485 e. The first-order valence-electron chi connectivity index (χ1n) is 7.59. The van der Waals surface area contributed by atoms with Crippen molar-refractivity contribution in [3.8, 4) is 5.75 Å². The Morgan fingerprint density at radius 3 is 2.36 bits per heavy atom. The number of ether oxygens (including phenoxy) is 1. The van der Waals surface area contributed by atoms with Gasteiger partial charge in [-0.05, 0) is 38.8 Å². The Morgan fingerprint density at radius 2 is 1.82 bits per heavy atom. The summed E-state index contributed by atoms with van der Waals surface area (Å²) in [6, 6.07) is 3.08. The van der Waals surface area contributed by atoms with Crippen molar-refractivity contribution in [2.45, 2.75) is 51.3 Å². The minimum Gasteiger partial charge on any atom is -0.485 e. The maximum Gasteiger partial charge on any atom is 0.190 e. The van der Waals surface area contributed by atoms with Crippen LogP contribution in [0.1, 0.15) is 33.1 Å². The summed E-state index contributed by atoms with van der Waals surface area (Å²) < 4.78 is 32.8. The molecule has 0 unspecified atom stereocenters. The molecule has 3 nitrogen and oxygen atoms in total. The van der Waals surface area contributed by atoms with Crippen LogP contribution in [-0.4, -0.2) is 41.3 Å². The van der Waals surface area contributed by atoms with Crippen molar-refractivity contribution in [3.63, 3.8) is 0 Å². The van der Waals surface area contributed by atoms with Crippen LogP contribution >= 0.6 is 15.9 Å². The summed E-state index contributed by atoms with van der Waals surface area (Å²) in [7, 11) is 0. The summed E-state index contributed by atoms with van der Waals surface area (Å²) >= 11 is 3.01. The molecule has 2 rings (SSSR count). The van der Waals surface area contributed by atoms with Crippen LogP contribution in [0.25, 0.3) is 0 Å². The number of likely N-dealkylation sites (tertiary alicyclic amines) is 1. The second-order valence-electron chi connectivity index (χ2n) is 5.99. The van der Waals surface area contributed by atoms with Gasteiger partial charge in [0.2, 0.25) is 0 Å². The molecule has 1 fully saturated rings. The number of hydrogen-bond donors (Lipinski definition) is 1. The van der Waals surface area contributed by atoms with Gasteiger partial charge < -0.3 is 9.84 Å². The van der Waals surface area contributed by atoms with Crippen molar-refractivity contribution in [2.75, 3.05) is 13.2 Å². The highest BCUT2D eigenvalue weighted by Gasteiger charge is 2.26. The molecule has 1 aromatic rings. The third-order valence-electron chi connectivity index (χ3n) is 4.18. The molecule has 0 spiro atoms. The van der Waals surface area contributed by atoms with Crippen LogP contribution in [0, 0.1) is 11.6 Å². The van der Waals surface area contributed by atoms with E-state index in [9.17, 15) is 13.9 Å². The molecule has 6 heteroatoms. The average molecular weight is 378 g/mol. The van der Waals surface area contributed by atoms with Crippen LogP contribution in [0.4, 0.5) is 8.78 Å². The van der Waals surface area contributed by atoms with Crippen LogP contribution < -0.4 is 4.74 Å². The van der Waals surface area contributed by atoms with E-state index in [1.54, 1.807) is 0 Å². The van der Waals surface area contributed by atoms with Crippen molar-refractivity contribution in [1.82, 2.24) is 4.90 Å². The molecule has 0 radical (unpaired) electrons. The molecule has 22 heavy (non-hydrogen) atoms. The summed E-state index contributed by atoms with van der Waals surface area (Å²) in [6.45, 7) is 4.59. The van der Waals surface area contributed by atoms with Crippen LogP contribution in [0.15, 0.2) is 16.6 Å². The topological polar surface area (TPSA) is 32.7 Å². The molecular formula is C16H22BrF2NO2. The molecule has 1 aliphatic rings. The number of piperidine rings is 1. The molecule has 3 atom stereocenters. The van der Waals surface area contributed by atoms with Gasteiger partial charge in [-0.2, -0.15) is 0 Å². The van der Waals surface area contributed by atoms with Crippen LogP contribution in [-0.2, 0) is 0 Å². The Morgan fingerprint density at radius 1 is 1.27 bits per heavy atom. The van der Waals surface area contributed by atoms with Crippen LogP contribution in [0.2, 0.25) is 0 Å². The highest BCUT2D eigenvalue weighted by Crippen LogP contribution is 2.26.